The number of carbonyl (C=O) groups excluding carboxylic acids is 1. The maximum atomic E-state index is 12.2. The number of likely N-dealkylation sites (N-methyl/N-ethyl adjacent to an activating group) is 1. The van der Waals surface area contributed by atoms with Gasteiger partial charge in [0.1, 0.15) is 0 Å². The summed E-state index contributed by atoms with van der Waals surface area (Å²) in [7, 11) is 3.65. The van der Waals surface area contributed by atoms with Crippen LogP contribution in [0.3, 0.4) is 0 Å². The zero-order chi connectivity index (χ0) is 13.6. The number of esters is 1. The number of benzene rings is 1. The normalized spacial score (nSPS) is 33.6. The van der Waals surface area contributed by atoms with Gasteiger partial charge >= 0.3 is 5.97 Å². The first-order valence-corrected chi connectivity index (χ1v) is 7.00. The Hall–Kier alpha value is -1.35. The van der Waals surface area contributed by atoms with Crippen LogP contribution >= 0.6 is 0 Å². The van der Waals surface area contributed by atoms with Gasteiger partial charge in [-0.25, -0.2) is 0 Å². The lowest BCUT2D eigenvalue weighted by Crippen LogP contribution is -2.33. The lowest BCUT2D eigenvalue weighted by Gasteiger charge is -2.27. The fourth-order valence-electron chi connectivity index (χ4n) is 4.00. The highest BCUT2D eigenvalue weighted by Gasteiger charge is 2.55. The predicted molar refractivity (Wildman–Crippen MR) is 74.0 cm³/mol. The summed E-state index contributed by atoms with van der Waals surface area (Å²) in [4.78, 5) is 14.5. The van der Waals surface area contributed by atoms with Crippen LogP contribution in [0, 0.1) is 12.8 Å². The van der Waals surface area contributed by atoms with Gasteiger partial charge in [0.15, 0.2) is 0 Å². The van der Waals surface area contributed by atoms with E-state index >= 15 is 0 Å². The van der Waals surface area contributed by atoms with Gasteiger partial charge in [0.2, 0.25) is 0 Å². The van der Waals surface area contributed by atoms with E-state index in [2.05, 4.69) is 43.1 Å². The van der Waals surface area contributed by atoms with Crippen molar-refractivity contribution < 1.29 is 9.53 Å². The van der Waals surface area contributed by atoms with Crippen molar-refractivity contribution in [1.82, 2.24) is 4.90 Å². The van der Waals surface area contributed by atoms with Crippen molar-refractivity contribution in [2.45, 2.75) is 37.8 Å². The summed E-state index contributed by atoms with van der Waals surface area (Å²) in [6, 6.07) is 9.45. The highest BCUT2D eigenvalue weighted by molar-refractivity contribution is 5.75. The molecule has 19 heavy (non-hydrogen) atoms. The summed E-state index contributed by atoms with van der Waals surface area (Å²) in [5.41, 5.74) is 2.54. The van der Waals surface area contributed by atoms with Crippen LogP contribution in [-0.2, 0) is 9.53 Å². The van der Waals surface area contributed by atoms with E-state index in [0.29, 0.717) is 12.1 Å². The first-order valence-electron chi connectivity index (χ1n) is 7.00. The van der Waals surface area contributed by atoms with E-state index in [9.17, 15) is 4.79 Å². The Morgan fingerprint density at radius 3 is 2.47 bits per heavy atom. The van der Waals surface area contributed by atoms with Crippen molar-refractivity contribution in [3.05, 3.63) is 35.4 Å². The van der Waals surface area contributed by atoms with Crippen LogP contribution in [0.2, 0.25) is 0 Å². The number of hydrogen-bond acceptors (Lipinski definition) is 3. The predicted octanol–water partition coefficient (Wildman–Crippen LogP) is 2.34. The highest BCUT2D eigenvalue weighted by atomic mass is 16.5. The molecule has 0 spiro atoms. The van der Waals surface area contributed by atoms with E-state index in [-0.39, 0.29) is 17.8 Å². The smallest absolute Gasteiger partial charge is 0.310 e. The van der Waals surface area contributed by atoms with Crippen LogP contribution in [0.1, 0.15) is 29.9 Å². The average Bonchev–Trinajstić information content (AvgIpc) is 2.92. The minimum atomic E-state index is -0.0513. The Morgan fingerprint density at radius 1 is 1.21 bits per heavy atom. The van der Waals surface area contributed by atoms with Gasteiger partial charge in [0.25, 0.3) is 0 Å². The third-order valence-corrected chi connectivity index (χ3v) is 4.96. The molecule has 2 fully saturated rings. The summed E-state index contributed by atoms with van der Waals surface area (Å²) in [5, 5.41) is 0. The van der Waals surface area contributed by atoms with Crippen molar-refractivity contribution in [2.75, 3.05) is 14.2 Å². The standard InChI is InChI=1S/C16H21NO2/c1-10-4-6-11(7-5-10)14-12-8-9-13(17(12)2)15(14)16(18)19-3/h4-7,12-15H,8-9H2,1-3H3/t12?,13?,14-,15+/m0/s1. The molecule has 1 aromatic carbocycles. The van der Waals surface area contributed by atoms with Crippen LogP contribution in [0.15, 0.2) is 24.3 Å². The second-order valence-electron chi connectivity index (χ2n) is 5.86. The van der Waals surface area contributed by atoms with Gasteiger partial charge in [0, 0.05) is 18.0 Å². The van der Waals surface area contributed by atoms with E-state index in [1.165, 1.54) is 24.7 Å². The molecule has 0 amide bonds. The minimum Gasteiger partial charge on any atom is -0.469 e. The maximum Gasteiger partial charge on any atom is 0.310 e. The topological polar surface area (TPSA) is 29.5 Å². The third kappa shape index (κ3) is 1.88. The van der Waals surface area contributed by atoms with E-state index in [0.717, 1.165) is 6.42 Å². The van der Waals surface area contributed by atoms with Gasteiger partial charge in [-0.1, -0.05) is 29.8 Å². The summed E-state index contributed by atoms with van der Waals surface area (Å²) < 4.78 is 5.04. The molecule has 4 atom stereocenters. The summed E-state index contributed by atoms with van der Waals surface area (Å²) >= 11 is 0. The van der Waals surface area contributed by atoms with E-state index in [4.69, 9.17) is 4.74 Å². The molecule has 1 aromatic rings. The SMILES string of the molecule is COC(=O)[C@@H]1C2CCC([C@@H]1c1ccc(C)cc1)N2C. The minimum absolute atomic E-state index is 0.00328. The monoisotopic (exact) mass is 259 g/mol. The maximum absolute atomic E-state index is 12.2. The Labute approximate surface area is 114 Å². The molecule has 0 aromatic heterocycles. The molecular formula is C16H21NO2. The highest BCUT2D eigenvalue weighted by Crippen LogP contribution is 2.50. The van der Waals surface area contributed by atoms with Crippen molar-refractivity contribution in [2.24, 2.45) is 5.92 Å². The molecular weight excluding hydrogens is 238 g/mol. The molecule has 2 heterocycles. The number of carbonyl (C=O) groups is 1. The molecule has 102 valence electrons. The molecule has 0 N–H and O–H groups in total. The summed E-state index contributed by atoms with van der Waals surface area (Å²) in [5.74, 6) is 0.234. The van der Waals surface area contributed by atoms with Crippen molar-refractivity contribution in [1.29, 1.82) is 0 Å². The zero-order valence-electron chi connectivity index (χ0n) is 11.8. The van der Waals surface area contributed by atoms with Crippen molar-refractivity contribution in [3.63, 3.8) is 0 Å². The Morgan fingerprint density at radius 2 is 1.84 bits per heavy atom. The molecule has 2 bridgehead atoms. The molecule has 0 aliphatic carbocycles. The Balaban J connectivity index is 1.97. The molecule has 3 rings (SSSR count). The van der Waals surface area contributed by atoms with Gasteiger partial charge < -0.3 is 4.74 Å². The molecule has 3 heteroatoms. The number of hydrogen-bond donors (Lipinski definition) is 0. The van der Waals surface area contributed by atoms with Gasteiger partial charge in [-0.05, 0) is 32.4 Å². The zero-order valence-corrected chi connectivity index (χ0v) is 11.8. The first kappa shape index (κ1) is 12.7. The molecule has 0 radical (unpaired) electrons. The van der Waals surface area contributed by atoms with E-state index in [1.54, 1.807) is 0 Å². The van der Waals surface area contributed by atoms with Crippen LogP contribution < -0.4 is 0 Å². The molecule has 2 saturated heterocycles. The fourth-order valence-corrected chi connectivity index (χ4v) is 4.00. The average molecular weight is 259 g/mol. The second kappa shape index (κ2) is 4.64. The number of ether oxygens (including phenoxy) is 1. The van der Waals surface area contributed by atoms with Crippen LogP contribution in [0.5, 0.6) is 0 Å². The molecule has 3 nitrogen and oxygen atoms in total. The molecule has 2 unspecified atom stereocenters. The Kier molecular flexibility index (Phi) is 3.09. The molecule has 2 aliphatic rings. The fraction of sp³-hybridized carbons (Fsp3) is 0.562. The lowest BCUT2D eigenvalue weighted by atomic mass is 9.75. The number of aryl methyl sites for hydroxylation is 1. The number of fused-ring (bicyclic) bond motifs is 2. The van der Waals surface area contributed by atoms with Crippen LogP contribution in [0.25, 0.3) is 0 Å². The van der Waals surface area contributed by atoms with E-state index in [1.807, 2.05) is 0 Å². The van der Waals surface area contributed by atoms with Gasteiger partial charge in [-0.2, -0.15) is 0 Å². The summed E-state index contributed by atoms with van der Waals surface area (Å²) in [6.45, 7) is 2.09. The Bertz CT molecular complexity index is 482. The second-order valence-corrected chi connectivity index (χ2v) is 5.86. The molecule has 0 saturated carbocycles. The van der Waals surface area contributed by atoms with E-state index < -0.39 is 0 Å². The van der Waals surface area contributed by atoms with Gasteiger partial charge in [0.05, 0.1) is 13.0 Å². The first-order chi connectivity index (χ1) is 9.13. The number of methoxy groups -OCH3 is 1. The third-order valence-electron chi connectivity index (χ3n) is 4.96. The van der Waals surface area contributed by atoms with Gasteiger partial charge in [-0.15, -0.1) is 0 Å². The molecule has 2 aliphatic heterocycles. The van der Waals surface area contributed by atoms with Crippen molar-refractivity contribution in [3.8, 4) is 0 Å². The van der Waals surface area contributed by atoms with Crippen LogP contribution in [-0.4, -0.2) is 37.1 Å². The summed E-state index contributed by atoms with van der Waals surface area (Å²) in [6.07, 6.45) is 2.30. The largest absolute Gasteiger partial charge is 0.469 e. The lowest BCUT2D eigenvalue weighted by molar-refractivity contribution is -0.147. The quantitative estimate of drug-likeness (QED) is 0.764. The van der Waals surface area contributed by atoms with Gasteiger partial charge in [-0.3, -0.25) is 9.69 Å². The van der Waals surface area contributed by atoms with Crippen molar-refractivity contribution >= 4 is 5.97 Å². The number of rotatable bonds is 2. The number of nitrogens with zero attached hydrogens (tertiary/aromatic N) is 1. The van der Waals surface area contributed by atoms with Crippen LogP contribution in [0.4, 0.5) is 0 Å².